The summed E-state index contributed by atoms with van der Waals surface area (Å²) >= 11 is 0. The van der Waals surface area contributed by atoms with Gasteiger partial charge in [0.05, 0.1) is 0 Å². The van der Waals surface area contributed by atoms with Crippen molar-refractivity contribution < 1.29 is 9.18 Å². The van der Waals surface area contributed by atoms with Gasteiger partial charge in [-0.1, -0.05) is 19.1 Å². The third-order valence-electron chi connectivity index (χ3n) is 4.12. The predicted molar refractivity (Wildman–Crippen MR) is 85.1 cm³/mol. The summed E-state index contributed by atoms with van der Waals surface area (Å²) in [5, 5.41) is 0. The van der Waals surface area contributed by atoms with Gasteiger partial charge in [-0.2, -0.15) is 0 Å². The third-order valence-corrected chi connectivity index (χ3v) is 4.12. The van der Waals surface area contributed by atoms with Crippen molar-refractivity contribution in [3.63, 3.8) is 0 Å². The highest BCUT2D eigenvalue weighted by Gasteiger charge is 2.26. The maximum Gasteiger partial charge on any atom is 0.223 e. The molecule has 0 saturated carbocycles. The fourth-order valence-corrected chi connectivity index (χ4v) is 2.88. The number of hydrogen-bond donors (Lipinski definition) is 1. The van der Waals surface area contributed by atoms with Crippen LogP contribution in [0.4, 0.5) is 4.39 Å². The minimum absolute atomic E-state index is 0. The minimum atomic E-state index is -0.250. The maximum atomic E-state index is 13.2. The zero-order valence-electron chi connectivity index (χ0n) is 12.4. The maximum absolute atomic E-state index is 13.2. The monoisotopic (exact) mass is 314 g/mol. The van der Waals surface area contributed by atoms with Crippen molar-refractivity contribution in [2.24, 2.45) is 5.73 Å². The number of nitrogens with zero attached hydrogens (tertiary/aromatic N) is 1. The largest absolute Gasteiger partial charge is 0.338 e. The van der Waals surface area contributed by atoms with Crippen LogP contribution < -0.4 is 5.73 Å². The van der Waals surface area contributed by atoms with Gasteiger partial charge < -0.3 is 10.6 Å². The van der Waals surface area contributed by atoms with Crippen LogP contribution in [-0.4, -0.2) is 29.9 Å². The van der Waals surface area contributed by atoms with Gasteiger partial charge in [-0.25, -0.2) is 4.39 Å². The summed E-state index contributed by atoms with van der Waals surface area (Å²) in [6.07, 6.45) is 3.61. The molecule has 1 heterocycles. The molecule has 0 bridgehead atoms. The van der Waals surface area contributed by atoms with Gasteiger partial charge in [0.15, 0.2) is 0 Å². The molecule has 2 unspecified atom stereocenters. The van der Waals surface area contributed by atoms with Crippen molar-refractivity contribution in [3.8, 4) is 0 Å². The summed E-state index contributed by atoms with van der Waals surface area (Å²) in [4.78, 5) is 14.3. The van der Waals surface area contributed by atoms with Crippen molar-refractivity contribution in [1.29, 1.82) is 0 Å². The smallest absolute Gasteiger partial charge is 0.223 e. The Kier molecular flexibility index (Phi) is 7.12. The first kappa shape index (κ1) is 17.9. The van der Waals surface area contributed by atoms with E-state index in [9.17, 15) is 9.18 Å². The van der Waals surface area contributed by atoms with Gasteiger partial charge in [0.25, 0.3) is 0 Å². The van der Waals surface area contributed by atoms with Gasteiger partial charge in [-0.3, -0.25) is 4.79 Å². The van der Waals surface area contributed by atoms with Crippen LogP contribution in [0, 0.1) is 5.82 Å². The minimum Gasteiger partial charge on any atom is -0.338 e. The standard InChI is InChI=1S/C16H23FN2O.ClH/c1-12(13-5-4-6-14(17)10-13)9-16(20)19-8-3-2-7-15(19)11-18;/h4-6,10,12,15H,2-3,7-9,11,18H2,1H3;1H. The third kappa shape index (κ3) is 4.68. The average molecular weight is 315 g/mol. The quantitative estimate of drug-likeness (QED) is 0.928. The van der Waals surface area contributed by atoms with Crippen LogP contribution in [-0.2, 0) is 4.79 Å². The van der Waals surface area contributed by atoms with Gasteiger partial charge >= 0.3 is 0 Å². The number of halogens is 2. The molecule has 0 aromatic heterocycles. The van der Waals surface area contributed by atoms with E-state index >= 15 is 0 Å². The van der Waals surface area contributed by atoms with Crippen LogP contribution in [0.5, 0.6) is 0 Å². The number of rotatable bonds is 4. The Balaban J connectivity index is 0.00000220. The first-order valence-corrected chi connectivity index (χ1v) is 7.37. The molecule has 21 heavy (non-hydrogen) atoms. The number of piperidine rings is 1. The average Bonchev–Trinajstić information content (AvgIpc) is 2.47. The Labute approximate surface area is 132 Å². The number of benzene rings is 1. The molecule has 1 saturated heterocycles. The number of likely N-dealkylation sites (tertiary alicyclic amines) is 1. The van der Waals surface area contributed by atoms with Crippen LogP contribution >= 0.6 is 12.4 Å². The van der Waals surface area contributed by atoms with Crippen LogP contribution in [0.25, 0.3) is 0 Å². The van der Waals surface area contributed by atoms with Crippen LogP contribution in [0.2, 0.25) is 0 Å². The van der Waals surface area contributed by atoms with E-state index in [1.807, 2.05) is 17.9 Å². The second kappa shape index (κ2) is 8.35. The van der Waals surface area contributed by atoms with Gasteiger partial charge in [0.2, 0.25) is 5.91 Å². The lowest BCUT2D eigenvalue weighted by molar-refractivity contribution is -0.135. The zero-order valence-corrected chi connectivity index (χ0v) is 13.2. The summed E-state index contributed by atoms with van der Waals surface area (Å²) in [5.74, 6) is -0.0879. The summed E-state index contributed by atoms with van der Waals surface area (Å²) < 4.78 is 13.2. The molecule has 2 N–H and O–H groups in total. The van der Waals surface area contributed by atoms with Crippen molar-refractivity contribution >= 4 is 18.3 Å². The molecule has 0 aliphatic carbocycles. The zero-order chi connectivity index (χ0) is 14.5. The first-order valence-electron chi connectivity index (χ1n) is 7.37. The molecule has 0 radical (unpaired) electrons. The van der Waals surface area contributed by atoms with E-state index in [-0.39, 0.29) is 36.1 Å². The number of carbonyl (C=O) groups excluding carboxylic acids is 1. The lowest BCUT2D eigenvalue weighted by atomic mass is 9.95. The predicted octanol–water partition coefficient (Wildman–Crippen LogP) is 3.08. The SMILES string of the molecule is CC(CC(=O)N1CCCCC1CN)c1cccc(F)c1.Cl. The highest BCUT2D eigenvalue weighted by Crippen LogP contribution is 2.23. The molecule has 118 valence electrons. The van der Waals surface area contributed by atoms with Crippen LogP contribution in [0.1, 0.15) is 44.1 Å². The molecule has 1 amide bonds. The molecule has 0 spiro atoms. The summed E-state index contributed by atoms with van der Waals surface area (Å²) in [6.45, 7) is 3.30. The number of amides is 1. The number of hydrogen-bond acceptors (Lipinski definition) is 2. The lowest BCUT2D eigenvalue weighted by Gasteiger charge is -2.35. The molecule has 1 aliphatic heterocycles. The fraction of sp³-hybridized carbons (Fsp3) is 0.562. The molecular formula is C16H24ClFN2O. The van der Waals surface area contributed by atoms with Gasteiger partial charge in [0.1, 0.15) is 5.82 Å². The number of carbonyl (C=O) groups is 1. The van der Waals surface area contributed by atoms with E-state index in [2.05, 4.69) is 0 Å². The molecule has 1 aromatic rings. The van der Waals surface area contributed by atoms with Crippen molar-refractivity contribution in [1.82, 2.24) is 4.90 Å². The Morgan fingerprint density at radius 2 is 2.24 bits per heavy atom. The van der Waals surface area contributed by atoms with Gasteiger partial charge in [-0.05, 0) is 42.9 Å². The molecule has 2 atom stereocenters. The Morgan fingerprint density at radius 1 is 1.48 bits per heavy atom. The van der Waals surface area contributed by atoms with Crippen LogP contribution in [0.3, 0.4) is 0 Å². The highest BCUT2D eigenvalue weighted by atomic mass is 35.5. The molecule has 3 nitrogen and oxygen atoms in total. The van der Waals surface area contributed by atoms with Crippen molar-refractivity contribution in [2.75, 3.05) is 13.1 Å². The van der Waals surface area contributed by atoms with Gasteiger partial charge in [-0.15, -0.1) is 12.4 Å². The number of nitrogens with two attached hydrogens (primary N) is 1. The molecule has 1 aromatic carbocycles. The molecule has 2 rings (SSSR count). The second-order valence-electron chi connectivity index (χ2n) is 5.63. The summed E-state index contributed by atoms with van der Waals surface area (Å²) in [7, 11) is 0. The highest BCUT2D eigenvalue weighted by molar-refractivity contribution is 5.85. The van der Waals surface area contributed by atoms with E-state index in [1.165, 1.54) is 12.1 Å². The van der Waals surface area contributed by atoms with E-state index in [1.54, 1.807) is 6.07 Å². The molecule has 1 aliphatic rings. The Bertz CT molecular complexity index is 469. The normalized spacial score (nSPS) is 19.8. The molecule has 1 fully saturated rings. The molecule has 5 heteroatoms. The topological polar surface area (TPSA) is 46.3 Å². The van der Waals surface area contributed by atoms with Crippen molar-refractivity contribution in [3.05, 3.63) is 35.6 Å². The van der Waals surface area contributed by atoms with Crippen LogP contribution in [0.15, 0.2) is 24.3 Å². The lowest BCUT2D eigenvalue weighted by Crippen LogP contribution is -2.47. The second-order valence-corrected chi connectivity index (χ2v) is 5.63. The van der Waals surface area contributed by atoms with E-state index in [0.29, 0.717) is 13.0 Å². The van der Waals surface area contributed by atoms with E-state index in [0.717, 1.165) is 31.4 Å². The first-order chi connectivity index (χ1) is 9.61. The van der Waals surface area contributed by atoms with E-state index in [4.69, 9.17) is 5.73 Å². The van der Waals surface area contributed by atoms with Crippen molar-refractivity contribution in [2.45, 2.75) is 44.6 Å². The van der Waals surface area contributed by atoms with Gasteiger partial charge in [0, 0.05) is 25.6 Å². The fourth-order valence-electron chi connectivity index (χ4n) is 2.88. The summed E-state index contributed by atoms with van der Waals surface area (Å²) in [5.41, 5.74) is 6.62. The Hall–Kier alpha value is -1.13. The van der Waals surface area contributed by atoms with E-state index < -0.39 is 0 Å². The summed E-state index contributed by atoms with van der Waals surface area (Å²) in [6, 6.07) is 6.67. The molecular weight excluding hydrogens is 291 g/mol. The Morgan fingerprint density at radius 3 is 2.90 bits per heavy atom.